The molecule has 1 aliphatic heterocycles. The highest BCUT2D eigenvalue weighted by Gasteiger charge is 2.50. The monoisotopic (exact) mass is 681 g/mol. The fraction of sp³-hybridized carbons (Fsp3) is 0.0204. The minimum absolute atomic E-state index is 0.434. The summed E-state index contributed by atoms with van der Waals surface area (Å²) in [7, 11) is 0. The van der Waals surface area contributed by atoms with Crippen LogP contribution < -0.4 is 4.90 Å². The predicted octanol–water partition coefficient (Wildman–Crippen LogP) is 13.6. The standard InChI is InChI=1S/C49H31NOS/c1-3-13-32(14-4-1)33-23-25-35(26-24-33)50(34-15-5-2-6-16-34)36-27-28-45-39(29-36)40-30-44-48(31-46(40)51-45)52-47-22-12-11-21-43(47)49(44)41-19-9-7-17-37(41)38-18-8-10-20-42(38)49/h1-31H. The number of fused-ring (bicyclic) bond motifs is 12. The van der Waals surface area contributed by atoms with Gasteiger partial charge in [-0.25, -0.2) is 0 Å². The molecule has 1 aromatic heterocycles. The van der Waals surface area contributed by atoms with Gasteiger partial charge in [0.25, 0.3) is 0 Å². The Morgan fingerprint density at radius 3 is 1.67 bits per heavy atom. The van der Waals surface area contributed by atoms with E-state index in [1.165, 1.54) is 54.3 Å². The lowest BCUT2D eigenvalue weighted by Crippen LogP contribution is -2.31. The van der Waals surface area contributed by atoms with E-state index >= 15 is 0 Å². The SMILES string of the molecule is c1ccc(-c2ccc(N(c3ccccc3)c3ccc4oc5cc6c(cc5c4c3)C3(c4ccccc4S6)c4ccccc4-c4ccccc43)cc2)cc1. The molecular formula is C49H31NOS. The van der Waals surface area contributed by atoms with E-state index in [-0.39, 0.29) is 0 Å². The van der Waals surface area contributed by atoms with Crippen molar-refractivity contribution in [3.8, 4) is 22.3 Å². The van der Waals surface area contributed by atoms with Crippen LogP contribution in [0.5, 0.6) is 0 Å². The molecule has 1 aliphatic carbocycles. The zero-order valence-corrected chi connectivity index (χ0v) is 29.0. The molecule has 2 aliphatic rings. The van der Waals surface area contributed by atoms with Crippen molar-refractivity contribution in [1.29, 1.82) is 0 Å². The van der Waals surface area contributed by atoms with Gasteiger partial charge in [0, 0.05) is 37.6 Å². The van der Waals surface area contributed by atoms with Gasteiger partial charge < -0.3 is 9.32 Å². The van der Waals surface area contributed by atoms with Crippen LogP contribution in [0.2, 0.25) is 0 Å². The van der Waals surface area contributed by atoms with Crippen molar-refractivity contribution < 1.29 is 4.42 Å². The molecule has 0 amide bonds. The summed E-state index contributed by atoms with van der Waals surface area (Å²) in [4.78, 5) is 4.86. The largest absolute Gasteiger partial charge is 0.456 e. The average Bonchev–Trinajstić information content (AvgIpc) is 3.71. The van der Waals surface area contributed by atoms with Crippen LogP contribution >= 0.6 is 11.8 Å². The molecule has 2 nitrogen and oxygen atoms in total. The normalized spacial score (nSPS) is 13.5. The van der Waals surface area contributed by atoms with Gasteiger partial charge in [0.2, 0.25) is 0 Å². The summed E-state index contributed by atoms with van der Waals surface area (Å²) in [6.07, 6.45) is 0. The Morgan fingerprint density at radius 1 is 0.385 bits per heavy atom. The van der Waals surface area contributed by atoms with E-state index in [4.69, 9.17) is 4.42 Å². The second kappa shape index (κ2) is 11.4. The van der Waals surface area contributed by atoms with E-state index in [1.807, 2.05) is 11.8 Å². The van der Waals surface area contributed by atoms with Crippen LogP contribution in [0.1, 0.15) is 22.3 Å². The molecule has 0 atom stereocenters. The lowest BCUT2D eigenvalue weighted by Gasteiger charge is -2.39. The molecule has 0 fully saturated rings. The van der Waals surface area contributed by atoms with Gasteiger partial charge in [0.1, 0.15) is 11.2 Å². The van der Waals surface area contributed by atoms with E-state index in [1.54, 1.807) is 0 Å². The second-order valence-electron chi connectivity index (χ2n) is 13.7. The van der Waals surface area contributed by atoms with E-state index in [0.29, 0.717) is 0 Å². The van der Waals surface area contributed by atoms with Crippen molar-refractivity contribution in [2.24, 2.45) is 0 Å². The summed E-state index contributed by atoms with van der Waals surface area (Å²) < 4.78 is 6.68. The summed E-state index contributed by atoms with van der Waals surface area (Å²) in [5, 5.41) is 2.24. The van der Waals surface area contributed by atoms with Crippen LogP contribution in [0.3, 0.4) is 0 Å². The van der Waals surface area contributed by atoms with Gasteiger partial charge in [-0.1, -0.05) is 139 Å². The third-order valence-electron chi connectivity index (χ3n) is 10.9. The van der Waals surface area contributed by atoms with Crippen molar-refractivity contribution in [1.82, 2.24) is 0 Å². The first kappa shape index (κ1) is 29.4. The third kappa shape index (κ3) is 4.20. The number of hydrogen-bond acceptors (Lipinski definition) is 3. The van der Waals surface area contributed by atoms with Crippen molar-refractivity contribution in [2.75, 3.05) is 4.90 Å². The Labute approximate surface area is 306 Å². The highest BCUT2D eigenvalue weighted by atomic mass is 32.2. The molecule has 0 radical (unpaired) electrons. The summed E-state index contributed by atoms with van der Waals surface area (Å²) in [5.74, 6) is 0. The van der Waals surface area contributed by atoms with E-state index in [0.717, 1.165) is 39.0 Å². The lowest BCUT2D eigenvalue weighted by molar-refractivity contribution is 0.664. The van der Waals surface area contributed by atoms with Crippen molar-refractivity contribution in [3.63, 3.8) is 0 Å². The van der Waals surface area contributed by atoms with Crippen LogP contribution in [0.4, 0.5) is 17.1 Å². The van der Waals surface area contributed by atoms with Crippen molar-refractivity contribution in [3.05, 3.63) is 210 Å². The molecule has 2 heterocycles. The minimum Gasteiger partial charge on any atom is -0.456 e. The van der Waals surface area contributed by atoms with Gasteiger partial charge >= 0.3 is 0 Å². The molecule has 9 aromatic rings. The Hall–Kier alpha value is -6.29. The molecule has 52 heavy (non-hydrogen) atoms. The molecule has 0 unspecified atom stereocenters. The van der Waals surface area contributed by atoms with E-state index in [2.05, 4.69) is 193 Å². The zero-order chi connectivity index (χ0) is 34.2. The van der Waals surface area contributed by atoms with Crippen LogP contribution in [0.15, 0.2) is 202 Å². The highest BCUT2D eigenvalue weighted by Crippen LogP contribution is 2.62. The average molecular weight is 682 g/mol. The zero-order valence-electron chi connectivity index (χ0n) is 28.2. The fourth-order valence-electron chi connectivity index (χ4n) is 8.71. The van der Waals surface area contributed by atoms with Crippen LogP contribution in [-0.2, 0) is 5.41 Å². The Balaban J connectivity index is 1.13. The second-order valence-corrected chi connectivity index (χ2v) is 14.7. The number of rotatable bonds is 4. The molecule has 11 rings (SSSR count). The molecular weight excluding hydrogens is 651 g/mol. The molecule has 1 spiro atoms. The maximum absolute atomic E-state index is 6.68. The van der Waals surface area contributed by atoms with Crippen LogP contribution in [0, 0.1) is 0 Å². The summed E-state index contributed by atoms with van der Waals surface area (Å²) in [6.45, 7) is 0. The number of benzene rings is 8. The molecule has 0 N–H and O–H groups in total. The minimum atomic E-state index is -0.434. The first-order valence-corrected chi connectivity index (χ1v) is 18.6. The van der Waals surface area contributed by atoms with Crippen LogP contribution in [0.25, 0.3) is 44.2 Å². The Bertz CT molecular complexity index is 2770. The van der Waals surface area contributed by atoms with Crippen molar-refractivity contribution >= 4 is 50.8 Å². The Morgan fingerprint density at radius 2 is 0.942 bits per heavy atom. The topological polar surface area (TPSA) is 16.4 Å². The number of para-hydroxylation sites is 1. The highest BCUT2D eigenvalue weighted by molar-refractivity contribution is 7.99. The maximum atomic E-state index is 6.68. The molecule has 3 heteroatoms. The van der Waals surface area contributed by atoms with E-state index in [9.17, 15) is 0 Å². The third-order valence-corrected chi connectivity index (χ3v) is 12.1. The maximum Gasteiger partial charge on any atom is 0.136 e. The van der Waals surface area contributed by atoms with Gasteiger partial charge in [-0.3, -0.25) is 0 Å². The smallest absolute Gasteiger partial charge is 0.136 e. The fourth-order valence-corrected chi connectivity index (χ4v) is 9.91. The Kier molecular flexibility index (Phi) is 6.43. The van der Waals surface area contributed by atoms with Gasteiger partial charge in [0.15, 0.2) is 0 Å². The van der Waals surface area contributed by atoms with Gasteiger partial charge in [-0.05, 0) is 105 Å². The van der Waals surface area contributed by atoms with E-state index < -0.39 is 5.41 Å². The van der Waals surface area contributed by atoms with Gasteiger partial charge in [-0.2, -0.15) is 0 Å². The first-order valence-electron chi connectivity index (χ1n) is 17.8. The van der Waals surface area contributed by atoms with Crippen molar-refractivity contribution in [2.45, 2.75) is 15.2 Å². The van der Waals surface area contributed by atoms with Crippen LogP contribution in [-0.4, -0.2) is 0 Å². The first-order chi connectivity index (χ1) is 25.8. The number of hydrogen-bond donors (Lipinski definition) is 0. The number of furan rings is 1. The van der Waals surface area contributed by atoms with Gasteiger partial charge in [0.05, 0.1) is 5.41 Å². The summed E-state index contributed by atoms with van der Waals surface area (Å²) in [6, 6.07) is 68.3. The molecule has 8 aromatic carbocycles. The molecule has 0 saturated heterocycles. The number of anilines is 3. The van der Waals surface area contributed by atoms with Gasteiger partial charge in [-0.15, -0.1) is 0 Å². The summed E-state index contributed by atoms with van der Waals surface area (Å²) in [5.41, 5.74) is 15.0. The lowest BCUT2D eigenvalue weighted by atomic mass is 9.67. The molecule has 0 bridgehead atoms. The molecule has 0 saturated carbocycles. The summed E-state index contributed by atoms with van der Waals surface area (Å²) >= 11 is 1.85. The quantitative estimate of drug-likeness (QED) is 0.184. The number of nitrogens with zero attached hydrogens (tertiary/aromatic N) is 1. The molecule has 244 valence electrons. The predicted molar refractivity (Wildman–Crippen MR) is 215 cm³/mol.